The molecule has 98 valence electrons. The summed E-state index contributed by atoms with van der Waals surface area (Å²) in [5.74, 6) is -0.698. The third kappa shape index (κ3) is 2.82. The molecule has 0 aromatic heterocycles. The van der Waals surface area contributed by atoms with Gasteiger partial charge in [0.1, 0.15) is 0 Å². The highest BCUT2D eigenvalue weighted by Gasteiger charge is 2.38. The van der Waals surface area contributed by atoms with Gasteiger partial charge in [-0.3, -0.25) is 0 Å². The Kier molecular flexibility index (Phi) is 4.08. The van der Waals surface area contributed by atoms with E-state index in [1.807, 2.05) is 6.92 Å². The molecule has 1 N–H and O–H groups in total. The second-order valence-electron chi connectivity index (χ2n) is 5.95. The zero-order valence-corrected chi connectivity index (χ0v) is 10.8. The van der Waals surface area contributed by atoms with Crippen molar-refractivity contribution in [2.24, 2.45) is 17.3 Å². The molecule has 2 fully saturated rings. The van der Waals surface area contributed by atoms with E-state index in [1.165, 1.54) is 25.7 Å². The van der Waals surface area contributed by atoms with Crippen molar-refractivity contribution in [2.45, 2.75) is 51.9 Å². The molecule has 1 spiro atoms. The maximum atomic E-state index is 11.1. The Morgan fingerprint density at radius 3 is 2.59 bits per heavy atom. The first kappa shape index (κ1) is 12.9. The standard InChI is InChI=1S/C14H25NO2/c1-2-12(13(16)17)11-4-7-14(8-5-11)6-3-9-15-10-14/h11-12,15H,2-10H2,1H3,(H,16,17)/p-1. The Balaban J connectivity index is 1.90. The minimum absolute atomic E-state index is 0.219. The van der Waals surface area contributed by atoms with Gasteiger partial charge < -0.3 is 15.2 Å². The van der Waals surface area contributed by atoms with Crippen molar-refractivity contribution < 1.29 is 9.90 Å². The Labute approximate surface area is 104 Å². The molecular weight excluding hydrogens is 214 g/mol. The summed E-state index contributed by atoms with van der Waals surface area (Å²) in [6.45, 7) is 4.26. The summed E-state index contributed by atoms with van der Waals surface area (Å²) in [6, 6.07) is 0. The molecule has 17 heavy (non-hydrogen) atoms. The highest BCUT2D eigenvalue weighted by molar-refractivity contribution is 5.67. The number of carbonyl (C=O) groups is 1. The highest BCUT2D eigenvalue weighted by Crippen LogP contribution is 2.45. The molecule has 1 unspecified atom stereocenters. The van der Waals surface area contributed by atoms with Crippen molar-refractivity contribution in [1.29, 1.82) is 0 Å². The molecule has 3 nitrogen and oxygen atoms in total. The van der Waals surface area contributed by atoms with Crippen LogP contribution in [0.25, 0.3) is 0 Å². The van der Waals surface area contributed by atoms with Crippen molar-refractivity contribution in [1.82, 2.24) is 5.32 Å². The Hall–Kier alpha value is -0.570. The smallest absolute Gasteiger partial charge is 0.0447 e. The van der Waals surface area contributed by atoms with Gasteiger partial charge in [0.2, 0.25) is 0 Å². The lowest BCUT2D eigenvalue weighted by Gasteiger charge is -2.45. The number of piperidine rings is 1. The van der Waals surface area contributed by atoms with Gasteiger partial charge in [-0.1, -0.05) is 6.92 Å². The largest absolute Gasteiger partial charge is 0.550 e. The van der Waals surface area contributed by atoms with Crippen molar-refractivity contribution in [2.75, 3.05) is 13.1 Å². The second-order valence-corrected chi connectivity index (χ2v) is 5.95. The number of rotatable bonds is 3. The van der Waals surface area contributed by atoms with E-state index in [9.17, 15) is 9.90 Å². The van der Waals surface area contributed by atoms with Crippen LogP contribution in [0.3, 0.4) is 0 Å². The SMILES string of the molecule is CCC(C(=O)[O-])C1CCC2(CCCNC2)CC1. The van der Waals surface area contributed by atoms with Crippen LogP contribution in [0.4, 0.5) is 0 Å². The maximum Gasteiger partial charge on any atom is 0.0447 e. The number of aliphatic carboxylic acids is 1. The molecule has 3 heteroatoms. The van der Waals surface area contributed by atoms with Crippen LogP contribution in [-0.4, -0.2) is 19.1 Å². The topological polar surface area (TPSA) is 52.2 Å². The fraction of sp³-hybridized carbons (Fsp3) is 0.929. The zero-order chi connectivity index (χ0) is 12.3. The van der Waals surface area contributed by atoms with Crippen molar-refractivity contribution >= 4 is 5.97 Å². The summed E-state index contributed by atoms with van der Waals surface area (Å²) < 4.78 is 0. The van der Waals surface area contributed by atoms with Crippen molar-refractivity contribution in [3.63, 3.8) is 0 Å². The Morgan fingerprint density at radius 1 is 1.41 bits per heavy atom. The molecule has 1 aliphatic carbocycles. The number of hydrogen-bond acceptors (Lipinski definition) is 3. The van der Waals surface area contributed by atoms with Gasteiger partial charge in [-0.2, -0.15) is 0 Å². The Morgan fingerprint density at radius 2 is 2.12 bits per heavy atom. The lowest BCUT2D eigenvalue weighted by Crippen LogP contribution is -2.44. The van der Waals surface area contributed by atoms with Gasteiger partial charge in [-0.15, -0.1) is 0 Å². The van der Waals surface area contributed by atoms with Gasteiger partial charge in [0.05, 0.1) is 0 Å². The normalized spacial score (nSPS) is 35.7. The van der Waals surface area contributed by atoms with E-state index in [4.69, 9.17) is 0 Å². The summed E-state index contributed by atoms with van der Waals surface area (Å²) in [6.07, 6.45) is 7.89. The molecule has 2 rings (SSSR count). The van der Waals surface area contributed by atoms with E-state index >= 15 is 0 Å². The monoisotopic (exact) mass is 238 g/mol. The fourth-order valence-electron chi connectivity index (χ4n) is 3.80. The quantitative estimate of drug-likeness (QED) is 0.807. The molecule has 2 aliphatic rings. The second kappa shape index (κ2) is 5.38. The molecular formula is C14H24NO2-. The molecule has 1 aliphatic heterocycles. The van der Waals surface area contributed by atoms with Crippen LogP contribution < -0.4 is 10.4 Å². The average Bonchev–Trinajstić information content (AvgIpc) is 2.33. The lowest BCUT2D eigenvalue weighted by atomic mass is 9.64. The van der Waals surface area contributed by atoms with Gasteiger partial charge in [0.25, 0.3) is 0 Å². The minimum Gasteiger partial charge on any atom is -0.550 e. The fourth-order valence-corrected chi connectivity index (χ4v) is 3.80. The van der Waals surface area contributed by atoms with Gasteiger partial charge in [-0.25, -0.2) is 0 Å². The van der Waals surface area contributed by atoms with Crippen LogP contribution in [0.1, 0.15) is 51.9 Å². The highest BCUT2D eigenvalue weighted by atomic mass is 16.4. The predicted molar refractivity (Wildman–Crippen MR) is 65.3 cm³/mol. The minimum atomic E-state index is -0.838. The molecule has 1 heterocycles. The molecule has 0 aromatic rings. The number of carboxylic acid groups (broad SMARTS) is 1. The molecule has 1 saturated heterocycles. The van der Waals surface area contributed by atoms with Crippen molar-refractivity contribution in [3.8, 4) is 0 Å². The summed E-state index contributed by atoms with van der Waals surface area (Å²) in [5, 5.41) is 14.6. The van der Waals surface area contributed by atoms with Gasteiger partial charge in [-0.05, 0) is 62.8 Å². The van der Waals surface area contributed by atoms with Crippen LogP contribution in [0.2, 0.25) is 0 Å². The van der Waals surface area contributed by atoms with Gasteiger partial charge >= 0.3 is 0 Å². The van der Waals surface area contributed by atoms with E-state index in [1.54, 1.807) is 0 Å². The summed E-state index contributed by atoms with van der Waals surface area (Å²) in [4.78, 5) is 11.1. The molecule has 1 saturated carbocycles. The van der Waals surface area contributed by atoms with Crippen LogP contribution in [0.15, 0.2) is 0 Å². The summed E-state index contributed by atoms with van der Waals surface area (Å²) >= 11 is 0. The number of hydrogen-bond donors (Lipinski definition) is 1. The van der Waals surface area contributed by atoms with Crippen LogP contribution in [0, 0.1) is 17.3 Å². The van der Waals surface area contributed by atoms with Crippen LogP contribution in [-0.2, 0) is 4.79 Å². The summed E-state index contributed by atoms with van der Waals surface area (Å²) in [5.41, 5.74) is 0.485. The number of carbonyl (C=O) groups excluding carboxylic acids is 1. The first-order chi connectivity index (χ1) is 8.17. The molecule has 0 radical (unpaired) electrons. The Bertz CT molecular complexity index is 261. The maximum absolute atomic E-state index is 11.1. The van der Waals surface area contributed by atoms with E-state index in [0.717, 1.165) is 32.4 Å². The van der Waals surface area contributed by atoms with Crippen LogP contribution >= 0.6 is 0 Å². The first-order valence-corrected chi connectivity index (χ1v) is 7.08. The van der Waals surface area contributed by atoms with E-state index < -0.39 is 5.97 Å². The van der Waals surface area contributed by atoms with E-state index in [2.05, 4.69) is 5.32 Å². The van der Waals surface area contributed by atoms with E-state index in [-0.39, 0.29) is 5.92 Å². The number of nitrogens with one attached hydrogen (secondary N) is 1. The molecule has 1 atom stereocenters. The summed E-state index contributed by atoms with van der Waals surface area (Å²) in [7, 11) is 0. The predicted octanol–water partition coefficient (Wildman–Crippen LogP) is 1.32. The third-order valence-corrected chi connectivity index (χ3v) is 4.96. The zero-order valence-electron chi connectivity index (χ0n) is 10.8. The van der Waals surface area contributed by atoms with Crippen molar-refractivity contribution in [3.05, 3.63) is 0 Å². The van der Waals surface area contributed by atoms with Gasteiger partial charge in [0, 0.05) is 18.4 Å². The molecule has 0 bridgehead atoms. The average molecular weight is 238 g/mol. The third-order valence-electron chi connectivity index (χ3n) is 4.96. The first-order valence-electron chi connectivity index (χ1n) is 7.08. The van der Waals surface area contributed by atoms with Gasteiger partial charge in [0.15, 0.2) is 0 Å². The number of carboxylic acids is 1. The van der Waals surface area contributed by atoms with E-state index in [0.29, 0.717) is 11.3 Å². The molecule has 0 aromatic carbocycles. The lowest BCUT2D eigenvalue weighted by molar-refractivity contribution is -0.314. The van der Waals surface area contributed by atoms with Crippen LogP contribution in [0.5, 0.6) is 0 Å². The molecule has 0 amide bonds.